The second kappa shape index (κ2) is 5.18. The van der Waals surface area contributed by atoms with Crippen LogP contribution in [0.4, 0.5) is 13.2 Å². The molecule has 0 aliphatic heterocycles. The van der Waals surface area contributed by atoms with Gasteiger partial charge in [-0.15, -0.1) is 0 Å². The van der Waals surface area contributed by atoms with E-state index in [9.17, 15) is 18.0 Å². The van der Waals surface area contributed by atoms with Gasteiger partial charge in [-0.3, -0.25) is 4.79 Å². The Morgan fingerprint density at radius 3 is 2.24 bits per heavy atom. The molecule has 1 aromatic carbocycles. The van der Waals surface area contributed by atoms with Gasteiger partial charge in [0.05, 0.1) is 12.6 Å². The highest BCUT2D eigenvalue weighted by molar-refractivity contribution is 5.74. The van der Waals surface area contributed by atoms with Crippen LogP contribution in [-0.4, -0.2) is 19.5 Å². The van der Waals surface area contributed by atoms with E-state index in [1.54, 1.807) is 7.05 Å². The quantitative estimate of drug-likeness (QED) is 0.785. The number of nitrogens with one attached hydrogen (secondary N) is 1. The van der Waals surface area contributed by atoms with Crippen molar-refractivity contribution < 1.29 is 22.9 Å². The SMILES string of the molecule is C[NH+](CC(N)=O)Cc1ccc(C(F)(F)F)cc1. The Bertz CT molecular complexity index is 387. The number of quaternary nitrogens is 1. The summed E-state index contributed by atoms with van der Waals surface area (Å²) < 4.78 is 36.9. The molecule has 1 amide bonds. The number of rotatable bonds is 4. The van der Waals surface area contributed by atoms with Crippen molar-refractivity contribution in [2.45, 2.75) is 12.7 Å². The van der Waals surface area contributed by atoms with Crippen LogP contribution in [0.5, 0.6) is 0 Å². The van der Waals surface area contributed by atoms with Crippen LogP contribution in [0.1, 0.15) is 11.1 Å². The first-order chi connectivity index (χ1) is 7.79. The predicted octanol–water partition coefficient (Wildman–Crippen LogP) is 0.205. The average Bonchev–Trinajstić information content (AvgIpc) is 2.15. The molecule has 0 saturated carbocycles. The lowest BCUT2D eigenvalue weighted by Gasteiger charge is -2.12. The molecule has 1 unspecified atom stereocenters. The number of carbonyl (C=O) groups is 1. The zero-order chi connectivity index (χ0) is 13.1. The molecule has 0 aliphatic rings. The molecule has 1 aromatic rings. The summed E-state index contributed by atoms with van der Waals surface area (Å²) in [6.45, 7) is 0.613. The maximum atomic E-state index is 12.3. The number of halogens is 3. The van der Waals surface area contributed by atoms with Gasteiger partial charge >= 0.3 is 6.18 Å². The van der Waals surface area contributed by atoms with Gasteiger partial charge < -0.3 is 10.6 Å². The molecule has 6 heteroatoms. The molecule has 1 rings (SSSR count). The number of benzene rings is 1. The lowest BCUT2D eigenvalue weighted by Crippen LogP contribution is -3.08. The van der Waals surface area contributed by atoms with E-state index >= 15 is 0 Å². The van der Waals surface area contributed by atoms with Gasteiger partial charge in [0.15, 0.2) is 6.54 Å². The maximum absolute atomic E-state index is 12.3. The predicted molar refractivity (Wildman–Crippen MR) is 56.1 cm³/mol. The highest BCUT2D eigenvalue weighted by Gasteiger charge is 2.29. The van der Waals surface area contributed by atoms with E-state index in [1.165, 1.54) is 12.1 Å². The van der Waals surface area contributed by atoms with E-state index in [1.807, 2.05) is 0 Å². The molecule has 0 saturated heterocycles. The first kappa shape index (κ1) is 13.5. The number of carbonyl (C=O) groups excluding carboxylic acids is 1. The van der Waals surface area contributed by atoms with Gasteiger partial charge in [-0.1, -0.05) is 12.1 Å². The molecule has 1 atom stereocenters. The van der Waals surface area contributed by atoms with Gasteiger partial charge in [0, 0.05) is 5.56 Å². The molecule has 0 radical (unpaired) electrons. The molecule has 0 fully saturated rings. The van der Waals surface area contributed by atoms with Crippen molar-refractivity contribution in [3.05, 3.63) is 35.4 Å². The molecule has 3 nitrogen and oxygen atoms in total. The van der Waals surface area contributed by atoms with E-state index in [0.717, 1.165) is 22.6 Å². The van der Waals surface area contributed by atoms with Crippen molar-refractivity contribution in [1.82, 2.24) is 0 Å². The maximum Gasteiger partial charge on any atom is 0.416 e. The summed E-state index contributed by atoms with van der Waals surface area (Å²) in [5.41, 5.74) is 5.08. The molecule has 94 valence electrons. The first-order valence-corrected chi connectivity index (χ1v) is 5.05. The first-order valence-electron chi connectivity index (χ1n) is 5.05. The smallest absolute Gasteiger partial charge is 0.365 e. The second-order valence-electron chi connectivity index (χ2n) is 3.97. The summed E-state index contributed by atoms with van der Waals surface area (Å²) in [6, 6.07) is 4.89. The van der Waals surface area contributed by atoms with Gasteiger partial charge in [-0.2, -0.15) is 13.2 Å². The highest BCUT2D eigenvalue weighted by Crippen LogP contribution is 2.28. The molecule has 17 heavy (non-hydrogen) atoms. The average molecular weight is 247 g/mol. The van der Waals surface area contributed by atoms with Crippen molar-refractivity contribution in [3.63, 3.8) is 0 Å². The van der Waals surface area contributed by atoms with Crippen molar-refractivity contribution in [2.24, 2.45) is 5.73 Å². The Kier molecular flexibility index (Phi) is 4.11. The topological polar surface area (TPSA) is 47.5 Å². The third-order valence-electron chi connectivity index (χ3n) is 2.26. The molecule has 0 heterocycles. The minimum absolute atomic E-state index is 0.154. The fourth-order valence-electron chi connectivity index (χ4n) is 1.52. The van der Waals surface area contributed by atoms with Crippen LogP contribution in [0.3, 0.4) is 0 Å². The van der Waals surface area contributed by atoms with E-state index < -0.39 is 17.6 Å². The minimum Gasteiger partial charge on any atom is -0.365 e. The number of alkyl halides is 3. The summed E-state index contributed by atoms with van der Waals surface area (Å²) in [6.07, 6.45) is -4.31. The summed E-state index contributed by atoms with van der Waals surface area (Å²) in [5, 5.41) is 0. The lowest BCUT2D eigenvalue weighted by molar-refractivity contribution is -0.885. The van der Waals surface area contributed by atoms with Gasteiger partial charge in [0.25, 0.3) is 5.91 Å². The van der Waals surface area contributed by atoms with Gasteiger partial charge in [0.2, 0.25) is 0 Å². The number of likely N-dealkylation sites (N-methyl/N-ethyl adjacent to an activating group) is 1. The Balaban J connectivity index is 2.66. The number of hydrogen-bond acceptors (Lipinski definition) is 1. The molecule has 3 N–H and O–H groups in total. The Morgan fingerprint density at radius 2 is 1.82 bits per heavy atom. The number of amides is 1. The van der Waals surface area contributed by atoms with E-state index in [-0.39, 0.29) is 6.54 Å². The van der Waals surface area contributed by atoms with Crippen molar-refractivity contribution in [1.29, 1.82) is 0 Å². The largest absolute Gasteiger partial charge is 0.416 e. The van der Waals surface area contributed by atoms with Gasteiger partial charge in [0.1, 0.15) is 6.54 Å². The third-order valence-corrected chi connectivity index (χ3v) is 2.26. The van der Waals surface area contributed by atoms with Gasteiger partial charge in [-0.25, -0.2) is 0 Å². The fourth-order valence-corrected chi connectivity index (χ4v) is 1.52. The standard InChI is InChI=1S/C11H13F3N2O/c1-16(7-10(15)17)6-8-2-4-9(5-3-8)11(12,13)14/h2-5H,6-7H2,1H3,(H2,15,17)/p+1. The summed E-state index contributed by atoms with van der Waals surface area (Å²) >= 11 is 0. The molecule has 0 aliphatic carbocycles. The summed E-state index contributed by atoms with van der Waals surface area (Å²) in [5.74, 6) is -0.436. The van der Waals surface area contributed by atoms with E-state index in [4.69, 9.17) is 5.73 Å². The molecule has 0 spiro atoms. The van der Waals surface area contributed by atoms with Crippen molar-refractivity contribution in [2.75, 3.05) is 13.6 Å². The Morgan fingerprint density at radius 1 is 1.29 bits per heavy atom. The Hall–Kier alpha value is -1.56. The third kappa shape index (κ3) is 4.44. The zero-order valence-electron chi connectivity index (χ0n) is 9.34. The molecular formula is C11H14F3N2O+. The normalized spacial score (nSPS) is 13.4. The van der Waals surface area contributed by atoms with Crippen LogP contribution in [0.2, 0.25) is 0 Å². The van der Waals surface area contributed by atoms with Crippen LogP contribution in [0.15, 0.2) is 24.3 Å². The molecule has 0 aromatic heterocycles. The molecular weight excluding hydrogens is 233 g/mol. The van der Waals surface area contributed by atoms with Crippen molar-refractivity contribution >= 4 is 5.91 Å². The summed E-state index contributed by atoms with van der Waals surface area (Å²) in [7, 11) is 1.75. The fraction of sp³-hybridized carbons (Fsp3) is 0.364. The zero-order valence-corrected chi connectivity index (χ0v) is 9.34. The van der Waals surface area contributed by atoms with Crippen LogP contribution in [0, 0.1) is 0 Å². The lowest BCUT2D eigenvalue weighted by atomic mass is 10.1. The minimum atomic E-state index is -4.31. The highest BCUT2D eigenvalue weighted by atomic mass is 19.4. The number of hydrogen-bond donors (Lipinski definition) is 2. The number of primary amides is 1. The molecule has 0 bridgehead atoms. The summed E-state index contributed by atoms with van der Waals surface area (Å²) in [4.78, 5) is 11.5. The number of nitrogens with two attached hydrogens (primary N) is 1. The van der Waals surface area contributed by atoms with Crippen LogP contribution >= 0.6 is 0 Å². The second-order valence-corrected chi connectivity index (χ2v) is 3.97. The van der Waals surface area contributed by atoms with Crippen LogP contribution in [-0.2, 0) is 17.5 Å². The van der Waals surface area contributed by atoms with E-state index in [2.05, 4.69) is 0 Å². The van der Waals surface area contributed by atoms with Crippen molar-refractivity contribution in [3.8, 4) is 0 Å². The van der Waals surface area contributed by atoms with Crippen LogP contribution < -0.4 is 10.6 Å². The Labute approximate surface area is 97.0 Å². The monoisotopic (exact) mass is 247 g/mol. The van der Waals surface area contributed by atoms with Crippen LogP contribution in [0.25, 0.3) is 0 Å². The van der Waals surface area contributed by atoms with Gasteiger partial charge in [-0.05, 0) is 12.1 Å². The van der Waals surface area contributed by atoms with E-state index in [0.29, 0.717) is 6.54 Å².